The molecule has 0 radical (unpaired) electrons. The molecule has 0 heterocycles. The van der Waals surface area contributed by atoms with Gasteiger partial charge in [0.1, 0.15) is 0 Å². The van der Waals surface area contributed by atoms with Crippen LogP contribution in [-0.4, -0.2) is 28.3 Å². The van der Waals surface area contributed by atoms with Crippen molar-refractivity contribution in [1.29, 1.82) is 0 Å². The first-order valence-electron chi connectivity index (χ1n) is 7.78. The first-order valence-corrected chi connectivity index (χ1v) is 7.78. The van der Waals surface area contributed by atoms with Crippen LogP contribution in [0.15, 0.2) is 36.4 Å². The van der Waals surface area contributed by atoms with E-state index >= 15 is 0 Å². The molecule has 2 N–H and O–H groups in total. The minimum atomic E-state index is -0.590. The number of nitro benzene ring substituents is 2. The highest BCUT2D eigenvalue weighted by atomic mass is 16.6. The topological polar surface area (TPSA) is 144 Å². The quantitative estimate of drug-likeness (QED) is 0.452. The second kappa shape index (κ2) is 8.04. The molecule has 0 aliphatic carbocycles. The average molecular weight is 372 g/mol. The van der Waals surface area contributed by atoms with E-state index in [1.807, 2.05) is 0 Å². The van der Waals surface area contributed by atoms with Crippen molar-refractivity contribution in [2.24, 2.45) is 0 Å². The van der Waals surface area contributed by atoms with Gasteiger partial charge in [0, 0.05) is 34.4 Å². The largest absolute Gasteiger partial charge is 0.335 e. The summed E-state index contributed by atoms with van der Waals surface area (Å²) in [6, 6.07) is 8.24. The number of rotatable bonds is 6. The third kappa shape index (κ3) is 4.24. The van der Waals surface area contributed by atoms with Gasteiger partial charge in [-0.1, -0.05) is 12.1 Å². The smallest absolute Gasteiger partial charge is 0.273 e. The van der Waals surface area contributed by atoms with Crippen molar-refractivity contribution in [2.45, 2.75) is 13.8 Å². The van der Waals surface area contributed by atoms with Gasteiger partial charge < -0.3 is 10.6 Å². The standard InChI is InChI=1S/C17H16N4O6/c1-10-12(5-3-7-14(10)20(24)25)16(22)18-9-19-17(23)13-6-4-8-15(11(13)2)21(26)27/h3-8H,9H2,1-2H3,(H,18,22)(H,19,23). The fourth-order valence-electron chi connectivity index (χ4n) is 2.53. The minimum absolute atomic E-state index is 0.116. The normalized spacial score (nSPS) is 10.1. The van der Waals surface area contributed by atoms with E-state index in [1.54, 1.807) is 0 Å². The number of nitrogens with zero attached hydrogens (tertiary/aromatic N) is 2. The monoisotopic (exact) mass is 372 g/mol. The maximum absolute atomic E-state index is 12.2. The van der Waals surface area contributed by atoms with Crippen molar-refractivity contribution in [1.82, 2.24) is 10.6 Å². The van der Waals surface area contributed by atoms with Crippen molar-refractivity contribution in [2.75, 3.05) is 6.67 Å². The number of hydrogen-bond donors (Lipinski definition) is 2. The Morgan fingerprint density at radius 3 is 1.52 bits per heavy atom. The molecule has 27 heavy (non-hydrogen) atoms. The highest BCUT2D eigenvalue weighted by molar-refractivity contribution is 5.98. The molecule has 140 valence electrons. The van der Waals surface area contributed by atoms with Crippen LogP contribution in [0.3, 0.4) is 0 Å². The third-order valence-corrected chi connectivity index (χ3v) is 3.99. The molecule has 2 rings (SSSR count). The molecule has 10 heteroatoms. The van der Waals surface area contributed by atoms with Crippen LogP contribution in [-0.2, 0) is 0 Å². The van der Waals surface area contributed by atoms with Crippen LogP contribution in [0.25, 0.3) is 0 Å². The van der Waals surface area contributed by atoms with Crippen LogP contribution < -0.4 is 10.6 Å². The van der Waals surface area contributed by atoms with Gasteiger partial charge in [0.15, 0.2) is 0 Å². The third-order valence-electron chi connectivity index (χ3n) is 3.99. The van der Waals surface area contributed by atoms with Crippen LogP contribution in [0.5, 0.6) is 0 Å². The number of amides is 2. The fourth-order valence-corrected chi connectivity index (χ4v) is 2.53. The van der Waals surface area contributed by atoms with Gasteiger partial charge in [-0.3, -0.25) is 29.8 Å². The molecule has 0 saturated heterocycles. The van der Waals surface area contributed by atoms with Gasteiger partial charge in [-0.2, -0.15) is 0 Å². The molecule has 0 spiro atoms. The van der Waals surface area contributed by atoms with E-state index in [-0.39, 0.29) is 40.3 Å². The summed E-state index contributed by atoms with van der Waals surface area (Å²) >= 11 is 0. The lowest BCUT2D eigenvalue weighted by Crippen LogP contribution is -2.37. The highest BCUT2D eigenvalue weighted by Gasteiger charge is 2.19. The van der Waals surface area contributed by atoms with Gasteiger partial charge in [0.25, 0.3) is 23.2 Å². The molecular weight excluding hydrogens is 356 g/mol. The van der Waals surface area contributed by atoms with Gasteiger partial charge in [-0.05, 0) is 26.0 Å². The van der Waals surface area contributed by atoms with E-state index in [0.29, 0.717) is 0 Å². The number of hydrogen-bond acceptors (Lipinski definition) is 6. The summed E-state index contributed by atoms with van der Waals surface area (Å²) in [6.45, 7) is 2.66. The molecular formula is C17H16N4O6. The van der Waals surface area contributed by atoms with E-state index in [1.165, 1.54) is 50.2 Å². The summed E-state index contributed by atoms with van der Waals surface area (Å²) in [5, 5.41) is 26.7. The molecule has 0 aromatic heterocycles. The summed E-state index contributed by atoms with van der Waals surface area (Å²) in [6.07, 6.45) is 0. The Morgan fingerprint density at radius 1 is 0.815 bits per heavy atom. The van der Waals surface area contributed by atoms with Crippen LogP contribution in [0, 0.1) is 34.1 Å². The summed E-state index contributed by atoms with van der Waals surface area (Å²) in [5.74, 6) is -1.18. The SMILES string of the molecule is Cc1c(C(=O)NCNC(=O)c2cccc([N+](=O)[O-])c2C)cccc1[N+](=O)[O-]. The number of nitro groups is 2. The zero-order valence-corrected chi connectivity index (χ0v) is 14.5. The van der Waals surface area contributed by atoms with Gasteiger partial charge in [-0.15, -0.1) is 0 Å². The molecule has 0 bridgehead atoms. The summed E-state index contributed by atoms with van der Waals surface area (Å²) in [5.41, 5.74) is 0.287. The number of carbonyl (C=O) groups excluding carboxylic acids is 2. The van der Waals surface area contributed by atoms with Gasteiger partial charge in [0.2, 0.25) is 0 Å². The lowest BCUT2D eigenvalue weighted by atomic mass is 10.1. The maximum atomic E-state index is 12.2. The Balaban J connectivity index is 2.05. The van der Waals surface area contributed by atoms with E-state index in [4.69, 9.17) is 0 Å². The van der Waals surface area contributed by atoms with Crippen LogP contribution >= 0.6 is 0 Å². The predicted octanol–water partition coefficient (Wildman–Crippen LogP) is 2.24. The molecule has 2 aromatic rings. The molecule has 0 fully saturated rings. The zero-order chi connectivity index (χ0) is 20.1. The van der Waals surface area contributed by atoms with Crippen molar-refractivity contribution in [3.8, 4) is 0 Å². The number of benzene rings is 2. The van der Waals surface area contributed by atoms with Gasteiger partial charge >= 0.3 is 0 Å². The summed E-state index contributed by atoms with van der Waals surface area (Å²) < 4.78 is 0. The lowest BCUT2D eigenvalue weighted by Gasteiger charge is -2.10. The molecule has 2 amide bonds. The molecule has 0 aliphatic heterocycles. The van der Waals surface area contributed by atoms with Gasteiger partial charge in [-0.25, -0.2) is 0 Å². The molecule has 0 saturated carbocycles. The highest BCUT2D eigenvalue weighted by Crippen LogP contribution is 2.21. The Kier molecular flexibility index (Phi) is 5.81. The summed E-state index contributed by atoms with van der Waals surface area (Å²) in [4.78, 5) is 45.1. The van der Waals surface area contributed by atoms with E-state index in [9.17, 15) is 29.8 Å². The fraction of sp³-hybridized carbons (Fsp3) is 0.176. The first kappa shape index (κ1) is 19.5. The van der Waals surface area contributed by atoms with Crippen LogP contribution in [0.1, 0.15) is 31.8 Å². The van der Waals surface area contributed by atoms with Crippen molar-refractivity contribution in [3.05, 3.63) is 78.9 Å². The van der Waals surface area contributed by atoms with Crippen molar-refractivity contribution in [3.63, 3.8) is 0 Å². The maximum Gasteiger partial charge on any atom is 0.273 e. The van der Waals surface area contributed by atoms with E-state index in [2.05, 4.69) is 10.6 Å². The minimum Gasteiger partial charge on any atom is -0.335 e. The second-order valence-corrected chi connectivity index (χ2v) is 5.60. The Bertz CT molecular complexity index is 866. The van der Waals surface area contributed by atoms with Crippen LogP contribution in [0.4, 0.5) is 11.4 Å². The van der Waals surface area contributed by atoms with Crippen LogP contribution in [0.2, 0.25) is 0 Å². The molecule has 10 nitrogen and oxygen atoms in total. The van der Waals surface area contributed by atoms with Gasteiger partial charge in [0.05, 0.1) is 16.5 Å². The van der Waals surface area contributed by atoms with E-state index in [0.717, 1.165) is 0 Å². The Hall–Kier alpha value is -3.82. The Morgan fingerprint density at radius 2 is 1.19 bits per heavy atom. The molecule has 0 atom stereocenters. The van der Waals surface area contributed by atoms with Crippen molar-refractivity contribution >= 4 is 23.2 Å². The van der Waals surface area contributed by atoms with Crippen molar-refractivity contribution < 1.29 is 19.4 Å². The molecule has 2 aromatic carbocycles. The number of carbonyl (C=O) groups is 2. The van der Waals surface area contributed by atoms with E-state index < -0.39 is 21.7 Å². The molecule has 0 aliphatic rings. The number of nitrogens with one attached hydrogen (secondary N) is 2. The first-order chi connectivity index (χ1) is 12.7. The lowest BCUT2D eigenvalue weighted by molar-refractivity contribution is -0.385. The Labute approximate surface area is 153 Å². The second-order valence-electron chi connectivity index (χ2n) is 5.60. The summed E-state index contributed by atoms with van der Waals surface area (Å²) in [7, 11) is 0. The zero-order valence-electron chi connectivity index (χ0n) is 14.5. The molecule has 0 unspecified atom stereocenters. The average Bonchev–Trinajstić information content (AvgIpc) is 2.61. The predicted molar refractivity (Wildman–Crippen MR) is 95.5 cm³/mol.